The summed E-state index contributed by atoms with van der Waals surface area (Å²) < 4.78 is 40.1. The Morgan fingerprint density at radius 3 is 2.38 bits per heavy atom. The van der Waals surface area contributed by atoms with Crippen LogP contribution in [0.25, 0.3) is 0 Å². The highest BCUT2D eigenvalue weighted by Crippen LogP contribution is 2.22. The SMILES string of the molecule is CCCNC(Cc1cccc(F)c1F)c1ccc(F)cc1. The van der Waals surface area contributed by atoms with Crippen LogP contribution in [0.1, 0.15) is 30.5 Å². The summed E-state index contributed by atoms with van der Waals surface area (Å²) in [4.78, 5) is 0. The van der Waals surface area contributed by atoms with E-state index in [0.717, 1.165) is 24.6 Å². The highest BCUT2D eigenvalue weighted by atomic mass is 19.2. The lowest BCUT2D eigenvalue weighted by molar-refractivity contribution is 0.476. The molecule has 0 radical (unpaired) electrons. The zero-order valence-corrected chi connectivity index (χ0v) is 11.9. The summed E-state index contributed by atoms with van der Waals surface area (Å²) in [6.45, 7) is 2.77. The van der Waals surface area contributed by atoms with Crippen molar-refractivity contribution in [1.82, 2.24) is 5.32 Å². The van der Waals surface area contributed by atoms with Crippen LogP contribution in [0.5, 0.6) is 0 Å². The van der Waals surface area contributed by atoms with Crippen molar-refractivity contribution >= 4 is 0 Å². The third-order valence-electron chi connectivity index (χ3n) is 3.37. The zero-order chi connectivity index (χ0) is 15.2. The van der Waals surface area contributed by atoms with Gasteiger partial charge in [-0.2, -0.15) is 0 Å². The van der Waals surface area contributed by atoms with Crippen LogP contribution in [-0.2, 0) is 6.42 Å². The topological polar surface area (TPSA) is 12.0 Å². The molecule has 1 unspecified atom stereocenters. The van der Waals surface area contributed by atoms with Crippen molar-refractivity contribution in [3.05, 3.63) is 71.0 Å². The van der Waals surface area contributed by atoms with Gasteiger partial charge in [-0.05, 0) is 48.7 Å². The second-order valence-electron chi connectivity index (χ2n) is 4.98. The lowest BCUT2D eigenvalue weighted by Gasteiger charge is -2.19. The van der Waals surface area contributed by atoms with Gasteiger partial charge in [0.05, 0.1) is 0 Å². The van der Waals surface area contributed by atoms with Gasteiger partial charge in [-0.1, -0.05) is 31.2 Å². The third-order valence-corrected chi connectivity index (χ3v) is 3.37. The third kappa shape index (κ3) is 4.08. The molecule has 1 nitrogen and oxygen atoms in total. The lowest BCUT2D eigenvalue weighted by Crippen LogP contribution is -2.24. The number of hydrogen-bond acceptors (Lipinski definition) is 1. The first-order chi connectivity index (χ1) is 10.1. The average Bonchev–Trinajstić information content (AvgIpc) is 2.49. The largest absolute Gasteiger partial charge is 0.310 e. The molecule has 0 fully saturated rings. The van der Waals surface area contributed by atoms with Gasteiger partial charge in [0.1, 0.15) is 5.82 Å². The smallest absolute Gasteiger partial charge is 0.162 e. The van der Waals surface area contributed by atoms with Gasteiger partial charge < -0.3 is 5.32 Å². The maximum Gasteiger partial charge on any atom is 0.162 e. The molecule has 1 atom stereocenters. The molecule has 0 aliphatic rings. The minimum Gasteiger partial charge on any atom is -0.310 e. The Kier molecular flexibility index (Phi) is 5.39. The van der Waals surface area contributed by atoms with Crippen molar-refractivity contribution in [3.63, 3.8) is 0 Å². The molecule has 0 aliphatic carbocycles. The molecule has 2 aromatic carbocycles. The lowest BCUT2D eigenvalue weighted by atomic mass is 9.98. The summed E-state index contributed by atoms with van der Waals surface area (Å²) in [6, 6.07) is 10.1. The molecule has 0 saturated heterocycles. The molecule has 1 N–H and O–H groups in total. The Balaban J connectivity index is 2.23. The molecule has 0 aromatic heterocycles. The molecule has 0 aliphatic heterocycles. The zero-order valence-electron chi connectivity index (χ0n) is 11.9. The molecule has 0 bridgehead atoms. The molecule has 2 aromatic rings. The van der Waals surface area contributed by atoms with Crippen molar-refractivity contribution in [2.45, 2.75) is 25.8 Å². The average molecular weight is 293 g/mol. The van der Waals surface area contributed by atoms with Crippen LogP contribution in [0.2, 0.25) is 0 Å². The first-order valence-electron chi connectivity index (χ1n) is 7.03. The molecule has 4 heteroatoms. The van der Waals surface area contributed by atoms with Crippen molar-refractivity contribution in [2.75, 3.05) is 6.54 Å². The van der Waals surface area contributed by atoms with E-state index in [1.807, 2.05) is 6.92 Å². The number of halogens is 3. The van der Waals surface area contributed by atoms with Gasteiger partial charge >= 0.3 is 0 Å². The van der Waals surface area contributed by atoms with Gasteiger partial charge in [0, 0.05) is 6.04 Å². The first-order valence-corrected chi connectivity index (χ1v) is 7.03. The highest BCUT2D eigenvalue weighted by Gasteiger charge is 2.16. The number of benzene rings is 2. The normalized spacial score (nSPS) is 12.4. The van der Waals surface area contributed by atoms with Gasteiger partial charge in [0.2, 0.25) is 0 Å². The first kappa shape index (κ1) is 15.6. The van der Waals surface area contributed by atoms with Gasteiger partial charge in [0.25, 0.3) is 0 Å². The minimum absolute atomic E-state index is 0.179. The molecule has 0 saturated carbocycles. The predicted molar refractivity (Wildman–Crippen MR) is 77.5 cm³/mol. The van der Waals surface area contributed by atoms with E-state index in [-0.39, 0.29) is 11.9 Å². The Morgan fingerprint density at radius 1 is 1.00 bits per heavy atom. The molecule has 0 heterocycles. The van der Waals surface area contributed by atoms with Crippen LogP contribution in [0, 0.1) is 17.5 Å². The van der Waals surface area contributed by atoms with Crippen molar-refractivity contribution in [2.24, 2.45) is 0 Å². The minimum atomic E-state index is -0.846. The predicted octanol–water partition coefficient (Wildman–Crippen LogP) is 4.39. The van der Waals surface area contributed by atoms with Gasteiger partial charge in [0.15, 0.2) is 11.6 Å². The fourth-order valence-electron chi connectivity index (χ4n) is 2.25. The van der Waals surface area contributed by atoms with Gasteiger partial charge in [-0.3, -0.25) is 0 Å². The van der Waals surface area contributed by atoms with Crippen LogP contribution in [0.15, 0.2) is 42.5 Å². The molecular weight excluding hydrogens is 275 g/mol. The second kappa shape index (κ2) is 7.27. The highest BCUT2D eigenvalue weighted by molar-refractivity contribution is 5.25. The summed E-state index contributed by atoms with van der Waals surface area (Å²) >= 11 is 0. The molecular formula is C17H18F3N. The van der Waals surface area contributed by atoms with Crippen LogP contribution in [0.3, 0.4) is 0 Å². The maximum absolute atomic E-state index is 13.8. The standard InChI is InChI=1S/C17H18F3N/c1-2-10-21-16(12-6-8-14(18)9-7-12)11-13-4-3-5-15(19)17(13)20/h3-9,16,21H,2,10-11H2,1H3. The monoisotopic (exact) mass is 293 g/mol. The Bertz CT molecular complexity index is 581. The van der Waals surface area contributed by atoms with Crippen molar-refractivity contribution in [3.8, 4) is 0 Å². The van der Waals surface area contributed by atoms with Gasteiger partial charge in [-0.25, -0.2) is 13.2 Å². The molecule has 0 amide bonds. The van der Waals surface area contributed by atoms with Crippen LogP contribution in [-0.4, -0.2) is 6.54 Å². The van der Waals surface area contributed by atoms with E-state index < -0.39 is 11.6 Å². The summed E-state index contributed by atoms with van der Waals surface area (Å²) in [6.07, 6.45) is 1.23. The van der Waals surface area contributed by atoms with Crippen LogP contribution < -0.4 is 5.32 Å². The van der Waals surface area contributed by atoms with E-state index in [1.54, 1.807) is 18.2 Å². The van der Waals surface area contributed by atoms with E-state index in [2.05, 4.69) is 5.32 Å². The second-order valence-corrected chi connectivity index (χ2v) is 4.98. The van der Waals surface area contributed by atoms with Crippen LogP contribution >= 0.6 is 0 Å². The maximum atomic E-state index is 13.8. The summed E-state index contributed by atoms with van der Waals surface area (Å²) in [5.41, 5.74) is 1.17. The number of hydrogen-bond donors (Lipinski definition) is 1. The molecule has 2 rings (SSSR count). The van der Waals surface area contributed by atoms with E-state index in [9.17, 15) is 13.2 Å². The summed E-state index contributed by atoms with van der Waals surface area (Å²) in [5, 5.41) is 3.29. The Labute approximate surface area is 122 Å². The Morgan fingerprint density at radius 2 is 1.71 bits per heavy atom. The molecule has 112 valence electrons. The van der Waals surface area contributed by atoms with E-state index >= 15 is 0 Å². The van der Waals surface area contributed by atoms with Crippen molar-refractivity contribution in [1.29, 1.82) is 0 Å². The van der Waals surface area contributed by atoms with Gasteiger partial charge in [-0.15, -0.1) is 0 Å². The molecule has 0 spiro atoms. The summed E-state index contributed by atoms with van der Waals surface area (Å²) in [5.74, 6) is -1.98. The summed E-state index contributed by atoms with van der Waals surface area (Å²) in [7, 11) is 0. The fourth-order valence-corrected chi connectivity index (χ4v) is 2.25. The fraction of sp³-hybridized carbons (Fsp3) is 0.294. The number of nitrogens with one attached hydrogen (secondary N) is 1. The van der Waals surface area contributed by atoms with Crippen molar-refractivity contribution < 1.29 is 13.2 Å². The molecule has 21 heavy (non-hydrogen) atoms. The van der Waals surface area contributed by atoms with Crippen LogP contribution in [0.4, 0.5) is 13.2 Å². The van der Waals surface area contributed by atoms with E-state index in [4.69, 9.17) is 0 Å². The Hall–Kier alpha value is -1.81. The number of rotatable bonds is 6. The van der Waals surface area contributed by atoms with E-state index in [0.29, 0.717) is 12.0 Å². The van der Waals surface area contributed by atoms with E-state index in [1.165, 1.54) is 18.2 Å². The quantitative estimate of drug-likeness (QED) is 0.833.